The quantitative estimate of drug-likeness (QED) is 0.826. The van der Waals surface area contributed by atoms with E-state index in [9.17, 15) is 4.39 Å². The van der Waals surface area contributed by atoms with Crippen molar-refractivity contribution in [3.63, 3.8) is 0 Å². The molecule has 4 nitrogen and oxygen atoms in total. The Balaban J connectivity index is 2.22. The zero-order valence-electron chi connectivity index (χ0n) is 8.39. The maximum Gasteiger partial charge on any atom is 0.276 e. The van der Waals surface area contributed by atoms with Crippen LogP contribution in [0.5, 0.6) is 0 Å². The molecule has 0 aliphatic heterocycles. The minimum atomic E-state index is -0.374. The number of benzene rings is 1. The van der Waals surface area contributed by atoms with Gasteiger partial charge in [-0.05, 0) is 12.1 Å². The molecule has 0 aliphatic carbocycles. The molecule has 84 valence electrons. The molecule has 0 bridgehead atoms. The van der Waals surface area contributed by atoms with Crippen molar-refractivity contribution in [1.82, 2.24) is 10.2 Å². The molecule has 1 heterocycles. The number of hydrogen-bond acceptors (Lipinski definition) is 5. The van der Waals surface area contributed by atoms with Crippen molar-refractivity contribution in [2.45, 2.75) is 5.22 Å². The van der Waals surface area contributed by atoms with Gasteiger partial charge < -0.3 is 10.2 Å². The Morgan fingerprint density at radius 3 is 2.88 bits per heavy atom. The van der Waals surface area contributed by atoms with Crippen LogP contribution in [-0.2, 0) is 0 Å². The zero-order chi connectivity index (χ0) is 11.4. The molecule has 0 amide bonds. The van der Waals surface area contributed by atoms with Crippen LogP contribution in [0.4, 0.5) is 4.39 Å². The Hall–Kier alpha value is -1.40. The van der Waals surface area contributed by atoms with Crippen LogP contribution in [0.2, 0.25) is 0 Å². The average molecular weight is 239 g/mol. The van der Waals surface area contributed by atoms with Gasteiger partial charge in [0, 0.05) is 12.3 Å². The number of rotatable bonds is 4. The van der Waals surface area contributed by atoms with Gasteiger partial charge in [-0.3, -0.25) is 0 Å². The van der Waals surface area contributed by atoms with Crippen LogP contribution in [0.3, 0.4) is 0 Å². The number of thioether (sulfide) groups is 1. The summed E-state index contributed by atoms with van der Waals surface area (Å²) in [6, 6.07) is 6.28. The molecule has 0 saturated heterocycles. The molecule has 0 fully saturated rings. The highest BCUT2D eigenvalue weighted by Crippen LogP contribution is 2.24. The predicted octanol–water partition coefficient (Wildman–Crippen LogP) is 1.93. The Morgan fingerprint density at radius 2 is 2.12 bits per heavy atom. The highest BCUT2D eigenvalue weighted by Gasteiger charge is 2.12. The zero-order valence-corrected chi connectivity index (χ0v) is 9.21. The summed E-state index contributed by atoms with van der Waals surface area (Å²) in [7, 11) is 0. The molecular formula is C10H10FN3OS. The lowest BCUT2D eigenvalue weighted by atomic mass is 10.2. The third-order valence-electron chi connectivity index (χ3n) is 1.85. The van der Waals surface area contributed by atoms with Crippen LogP contribution in [0.15, 0.2) is 33.9 Å². The summed E-state index contributed by atoms with van der Waals surface area (Å²) in [4.78, 5) is 0. The van der Waals surface area contributed by atoms with Crippen LogP contribution in [0.1, 0.15) is 0 Å². The number of halogens is 1. The minimum absolute atomic E-state index is 0.192. The second-order valence-corrected chi connectivity index (χ2v) is 4.04. The highest BCUT2D eigenvalue weighted by atomic mass is 32.2. The van der Waals surface area contributed by atoms with Crippen LogP contribution < -0.4 is 5.73 Å². The van der Waals surface area contributed by atoms with Crippen molar-refractivity contribution >= 4 is 11.8 Å². The van der Waals surface area contributed by atoms with Crippen LogP contribution in [0.25, 0.3) is 11.5 Å². The van der Waals surface area contributed by atoms with E-state index in [2.05, 4.69) is 10.2 Å². The Kier molecular flexibility index (Phi) is 3.53. The third-order valence-corrected chi connectivity index (χ3v) is 2.71. The van der Waals surface area contributed by atoms with Gasteiger partial charge in [-0.1, -0.05) is 23.9 Å². The first-order valence-corrected chi connectivity index (χ1v) is 5.71. The van der Waals surface area contributed by atoms with Gasteiger partial charge in [-0.25, -0.2) is 4.39 Å². The molecule has 0 atom stereocenters. The van der Waals surface area contributed by atoms with Crippen molar-refractivity contribution in [3.8, 4) is 11.5 Å². The average Bonchev–Trinajstić information content (AvgIpc) is 2.75. The molecule has 6 heteroatoms. The standard InChI is InChI=1S/C10H10FN3OS/c11-8-4-2-1-3-7(8)9-13-14-10(15-9)16-6-5-12/h1-4H,5-6,12H2. The number of hydrogen-bond donors (Lipinski definition) is 1. The van der Waals surface area contributed by atoms with Gasteiger partial charge >= 0.3 is 0 Å². The highest BCUT2D eigenvalue weighted by molar-refractivity contribution is 7.99. The molecule has 2 aromatic rings. The second-order valence-electron chi connectivity index (χ2n) is 2.99. The molecule has 0 aliphatic rings. The smallest absolute Gasteiger partial charge is 0.276 e. The van der Waals surface area contributed by atoms with Crippen molar-refractivity contribution in [2.75, 3.05) is 12.3 Å². The van der Waals surface area contributed by atoms with Crippen molar-refractivity contribution in [3.05, 3.63) is 30.1 Å². The van der Waals surface area contributed by atoms with E-state index >= 15 is 0 Å². The monoisotopic (exact) mass is 239 g/mol. The van der Waals surface area contributed by atoms with Crippen molar-refractivity contribution in [1.29, 1.82) is 0 Å². The van der Waals surface area contributed by atoms with Gasteiger partial charge in [-0.15, -0.1) is 10.2 Å². The van der Waals surface area contributed by atoms with E-state index in [-0.39, 0.29) is 11.7 Å². The fourth-order valence-electron chi connectivity index (χ4n) is 1.16. The summed E-state index contributed by atoms with van der Waals surface area (Å²) in [6.07, 6.45) is 0. The fraction of sp³-hybridized carbons (Fsp3) is 0.200. The summed E-state index contributed by atoms with van der Waals surface area (Å²) >= 11 is 1.35. The largest absolute Gasteiger partial charge is 0.411 e. The SMILES string of the molecule is NCCSc1nnc(-c2ccccc2F)o1. The molecule has 1 aromatic carbocycles. The van der Waals surface area contributed by atoms with Crippen molar-refractivity contribution in [2.24, 2.45) is 5.73 Å². The Morgan fingerprint density at radius 1 is 1.31 bits per heavy atom. The Bertz CT molecular complexity index is 475. The topological polar surface area (TPSA) is 64.9 Å². The lowest BCUT2D eigenvalue weighted by molar-refractivity contribution is 0.463. The molecular weight excluding hydrogens is 229 g/mol. The first kappa shape index (κ1) is 11.1. The molecule has 0 radical (unpaired) electrons. The molecule has 1 aromatic heterocycles. The van der Waals surface area contributed by atoms with E-state index in [0.717, 1.165) is 0 Å². The van der Waals surface area contributed by atoms with Gasteiger partial charge in [-0.2, -0.15) is 0 Å². The van der Waals surface area contributed by atoms with Crippen LogP contribution in [0, 0.1) is 5.82 Å². The third kappa shape index (κ3) is 2.40. The van der Waals surface area contributed by atoms with E-state index in [1.807, 2.05) is 0 Å². The molecule has 0 unspecified atom stereocenters. The van der Waals surface area contributed by atoms with Crippen LogP contribution >= 0.6 is 11.8 Å². The minimum Gasteiger partial charge on any atom is -0.411 e. The van der Waals surface area contributed by atoms with E-state index in [4.69, 9.17) is 10.2 Å². The van der Waals surface area contributed by atoms with E-state index in [0.29, 0.717) is 23.1 Å². The molecule has 0 saturated carbocycles. The first-order chi connectivity index (χ1) is 7.81. The second kappa shape index (κ2) is 5.09. The number of nitrogens with two attached hydrogens (primary N) is 1. The van der Waals surface area contributed by atoms with Gasteiger partial charge in [0.2, 0.25) is 0 Å². The summed E-state index contributed by atoms with van der Waals surface area (Å²) < 4.78 is 18.7. The van der Waals surface area contributed by atoms with E-state index < -0.39 is 0 Å². The fourth-order valence-corrected chi connectivity index (χ4v) is 1.69. The number of nitrogens with zero attached hydrogens (tertiary/aromatic N) is 2. The predicted molar refractivity (Wildman–Crippen MR) is 59.5 cm³/mol. The summed E-state index contributed by atoms with van der Waals surface area (Å²) in [5, 5.41) is 7.98. The van der Waals surface area contributed by atoms with Crippen molar-refractivity contribution < 1.29 is 8.81 Å². The van der Waals surface area contributed by atoms with Crippen LogP contribution in [-0.4, -0.2) is 22.5 Å². The lowest BCUT2D eigenvalue weighted by Gasteiger charge is -1.95. The molecule has 0 spiro atoms. The van der Waals surface area contributed by atoms with E-state index in [1.54, 1.807) is 18.2 Å². The van der Waals surface area contributed by atoms with Gasteiger partial charge in [0.05, 0.1) is 5.56 Å². The Labute approximate surface area is 96.0 Å². The maximum atomic E-state index is 13.4. The summed E-state index contributed by atoms with van der Waals surface area (Å²) in [6.45, 7) is 0.530. The van der Waals surface area contributed by atoms with Gasteiger partial charge in [0.25, 0.3) is 11.1 Å². The lowest BCUT2D eigenvalue weighted by Crippen LogP contribution is -2.00. The summed E-state index contributed by atoms with van der Waals surface area (Å²) in [5.41, 5.74) is 5.66. The molecule has 2 N–H and O–H groups in total. The maximum absolute atomic E-state index is 13.4. The van der Waals surface area contributed by atoms with Gasteiger partial charge in [0.1, 0.15) is 5.82 Å². The van der Waals surface area contributed by atoms with E-state index in [1.165, 1.54) is 17.8 Å². The summed E-state index contributed by atoms with van der Waals surface area (Å²) in [5.74, 6) is 0.512. The first-order valence-electron chi connectivity index (χ1n) is 4.72. The molecule has 16 heavy (non-hydrogen) atoms. The number of aromatic nitrogens is 2. The van der Waals surface area contributed by atoms with Gasteiger partial charge in [0.15, 0.2) is 0 Å². The molecule has 2 rings (SSSR count). The normalized spacial score (nSPS) is 10.6.